The van der Waals surface area contributed by atoms with Crippen molar-refractivity contribution < 1.29 is 13.2 Å². The fourth-order valence-electron chi connectivity index (χ4n) is 5.92. The van der Waals surface area contributed by atoms with Gasteiger partial charge in [0.25, 0.3) is 0 Å². The van der Waals surface area contributed by atoms with Gasteiger partial charge >= 0.3 is 0 Å². The van der Waals surface area contributed by atoms with Crippen molar-refractivity contribution in [3.05, 3.63) is 58.7 Å². The molecule has 1 heterocycles. The molecule has 0 radical (unpaired) electrons. The minimum Gasteiger partial charge on any atom is -0.489 e. The molecule has 0 bridgehead atoms. The Balaban J connectivity index is 1.67. The Morgan fingerprint density at radius 3 is 2.32 bits per heavy atom. The number of rotatable bonds is 11. The minimum absolute atomic E-state index is 0.0389. The van der Waals surface area contributed by atoms with Gasteiger partial charge in [-0.15, -0.1) is 0 Å². The molecule has 0 spiro atoms. The lowest BCUT2D eigenvalue weighted by molar-refractivity contribution is 0.126. The van der Waals surface area contributed by atoms with Crippen LogP contribution < -0.4 is 15.4 Å². The van der Waals surface area contributed by atoms with E-state index in [1.54, 1.807) is 38.1 Å². The molecule has 1 aromatic heterocycles. The van der Waals surface area contributed by atoms with Gasteiger partial charge in [-0.1, -0.05) is 23.7 Å². The van der Waals surface area contributed by atoms with Gasteiger partial charge in [-0.2, -0.15) is 4.98 Å². The third-order valence-corrected chi connectivity index (χ3v) is 10.9. The molecule has 3 aromatic rings. The molecule has 1 aliphatic rings. The Kier molecular flexibility index (Phi) is 10.8. The van der Waals surface area contributed by atoms with Crippen LogP contribution in [0, 0.1) is 6.92 Å². The second-order valence-corrected chi connectivity index (χ2v) is 15.5. The molecule has 2 aromatic carbocycles. The van der Waals surface area contributed by atoms with Crippen LogP contribution in [0.1, 0.15) is 64.0 Å². The minimum atomic E-state index is -3.54. The number of sulfone groups is 1. The summed E-state index contributed by atoms with van der Waals surface area (Å²) in [5, 5.41) is 6.15. The van der Waals surface area contributed by atoms with Gasteiger partial charge < -0.3 is 25.2 Å². The first-order valence-electron chi connectivity index (χ1n) is 15.2. The van der Waals surface area contributed by atoms with Gasteiger partial charge in [-0.25, -0.2) is 13.4 Å². The number of nitrogens with zero attached hydrogens (tertiary/aromatic N) is 4. The topological polar surface area (TPSA) is 99.7 Å². The van der Waals surface area contributed by atoms with Crippen molar-refractivity contribution in [2.24, 2.45) is 0 Å². The molecule has 0 unspecified atom stereocenters. The SMILES string of the molecule is Cc1cc(Nc2ncc(Cl)c(Nc3ccccc3S(=O)(=O)C(C)C)n2)c(OC(C)C)cc1[C@H]1CC[C@H](N(C)C)C[C@@H]1N(C)C. The fraction of sp³-hybridized carbons (Fsp3) is 0.515. The second-order valence-electron chi connectivity index (χ2n) is 12.7. The molecule has 3 atom stereocenters. The number of hydrogen-bond acceptors (Lipinski definition) is 9. The number of hydrogen-bond donors (Lipinski definition) is 2. The Morgan fingerprint density at radius 1 is 0.977 bits per heavy atom. The maximum absolute atomic E-state index is 13.0. The monoisotopic (exact) mass is 642 g/mol. The fourth-order valence-corrected chi connectivity index (χ4v) is 7.26. The average Bonchev–Trinajstić information content (AvgIpc) is 2.95. The smallest absolute Gasteiger partial charge is 0.229 e. The van der Waals surface area contributed by atoms with Crippen molar-refractivity contribution in [1.82, 2.24) is 19.8 Å². The molecule has 11 heteroatoms. The number of halogens is 1. The summed E-state index contributed by atoms with van der Waals surface area (Å²) in [6, 6.07) is 12.0. The second kappa shape index (κ2) is 14.0. The number of benzene rings is 2. The first kappa shape index (κ1) is 34.0. The highest BCUT2D eigenvalue weighted by Gasteiger charge is 2.35. The number of anilines is 4. The van der Waals surface area contributed by atoms with Crippen LogP contribution in [0.5, 0.6) is 5.75 Å². The standard InChI is InChI=1S/C33H47ClN6O3S/c1-20(2)43-30-18-25(24-15-14-23(39(6)7)17-29(24)40(8)9)22(5)16-28(30)37-33-35-19-26(34)32(38-33)36-27-12-10-11-13-31(27)44(41,42)21(3)4/h10-13,16,18-21,23-24,29H,14-15,17H2,1-9H3,(H2,35,36,37,38)/t23-,24+,29-/m0/s1. The Hall–Kier alpha value is -2.92. The highest BCUT2D eigenvalue weighted by atomic mass is 35.5. The zero-order valence-corrected chi connectivity index (χ0v) is 28.9. The van der Waals surface area contributed by atoms with Gasteiger partial charge in [-0.05, 0) is 123 Å². The van der Waals surface area contributed by atoms with Gasteiger partial charge in [0.15, 0.2) is 15.7 Å². The van der Waals surface area contributed by atoms with E-state index >= 15 is 0 Å². The highest BCUT2D eigenvalue weighted by molar-refractivity contribution is 7.92. The molecule has 2 N–H and O–H groups in total. The van der Waals surface area contributed by atoms with Crippen molar-refractivity contribution in [3.63, 3.8) is 0 Å². The zero-order chi connectivity index (χ0) is 32.3. The lowest BCUT2D eigenvalue weighted by Gasteiger charge is -2.42. The molecule has 1 fully saturated rings. The van der Waals surface area contributed by atoms with Crippen LogP contribution in [0.4, 0.5) is 23.1 Å². The van der Waals surface area contributed by atoms with E-state index in [0.717, 1.165) is 30.7 Å². The van der Waals surface area contributed by atoms with Crippen molar-refractivity contribution in [2.45, 2.75) is 88.1 Å². The summed E-state index contributed by atoms with van der Waals surface area (Å²) in [6.45, 7) is 9.48. The molecule has 240 valence electrons. The summed E-state index contributed by atoms with van der Waals surface area (Å²) in [5.74, 6) is 1.71. The number of aromatic nitrogens is 2. The van der Waals surface area contributed by atoms with Gasteiger partial charge in [0.05, 0.1) is 33.8 Å². The van der Waals surface area contributed by atoms with Crippen LogP contribution in [0.25, 0.3) is 0 Å². The van der Waals surface area contributed by atoms with Crippen LogP contribution in [-0.4, -0.2) is 79.8 Å². The number of likely N-dealkylation sites (N-methyl/N-ethyl adjacent to an activating group) is 1. The summed E-state index contributed by atoms with van der Waals surface area (Å²) in [5.41, 5.74) is 3.61. The van der Waals surface area contributed by atoms with Crippen LogP contribution in [0.15, 0.2) is 47.5 Å². The van der Waals surface area contributed by atoms with Crippen molar-refractivity contribution in [2.75, 3.05) is 38.8 Å². The molecule has 4 rings (SSSR count). The number of ether oxygens (including phenoxy) is 1. The Morgan fingerprint density at radius 2 is 1.68 bits per heavy atom. The van der Waals surface area contributed by atoms with Crippen LogP contribution >= 0.6 is 11.6 Å². The molecule has 0 amide bonds. The van der Waals surface area contributed by atoms with Crippen molar-refractivity contribution in [3.8, 4) is 5.75 Å². The largest absolute Gasteiger partial charge is 0.489 e. The van der Waals surface area contributed by atoms with E-state index in [4.69, 9.17) is 16.3 Å². The van der Waals surface area contributed by atoms with E-state index < -0.39 is 15.1 Å². The number of nitrogens with one attached hydrogen (secondary N) is 2. The van der Waals surface area contributed by atoms with E-state index in [1.807, 2.05) is 13.8 Å². The average molecular weight is 643 g/mol. The molecular formula is C33H47ClN6O3S. The quantitative estimate of drug-likeness (QED) is 0.228. The van der Waals surface area contributed by atoms with E-state index in [0.29, 0.717) is 35.5 Å². The summed E-state index contributed by atoms with van der Waals surface area (Å²) in [6.07, 6.45) is 4.82. The first-order valence-corrected chi connectivity index (χ1v) is 17.1. The molecule has 1 saturated carbocycles. The normalized spacial score (nSPS) is 19.2. The van der Waals surface area contributed by atoms with Crippen molar-refractivity contribution >= 4 is 44.6 Å². The van der Waals surface area contributed by atoms with Gasteiger partial charge in [0.2, 0.25) is 5.95 Å². The molecular weight excluding hydrogens is 596 g/mol. The van der Waals surface area contributed by atoms with Gasteiger partial charge in [0.1, 0.15) is 10.8 Å². The maximum atomic E-state index is 13.0. The third-order valence-electron chi connectivity index (χ3n) is 8.37. The predicted octanol–water partition coefficient (Wildman–Crippen LogP) is 7.02. The van der Waals surface area contributed by atoms with Crippen LogP contribution in [-0.2, 0) is 9.84 Å². The summed E-state index contributed by atoms with van der Waals surface area (Å²) in [4.78, 5) is 13.9. The molecule has 0 aliphatic heterocycles. The summed E-state index contributed by atoms with van der Waals surface area (Å²) in [7, 11) is 5.15. The van der Waals surface area contributed by atoms with E-state index in [-0.39, 0.29) is 16.0 Å². The predicted molar refractivity (Wildman–Crippen MR) is 181 cm³/mol. The molecule has 9 nitrogen and oxygen atoms in total. The van der Waals surface area contributed by atoms with Crippen LogP contribution in [0.2, 0.25) is 5.02 Å². The van der Waals surface area contributed by atoms with Gasteiger partial charge in [-0.3, -0.25) is 0 Å². The Labute approximate surface area is 268 Å². The highest BCUT2D eigenvalue weighted by Crippen LogP contribution is 2.42. The summed E-state index contributed by atoms with van der Waals surface area (Å²) >= 11 is 6.48. The zero-order valence-electron chi connectivity index (χ0n) is 27.3. The van der Waals surface area contributed by atoms with Crippen molar-refractivity contribution in [1.29, 1.82) is 0 Å². The first-order chi connectivity index (χ1) is 20.7. The maximum Gasteiger partial charge on any atom is 0.229 e. The van der Waals surface area contributed by atoms with E-state index in [1.165, 1.54) is 17.3 Å². The number of para-hydroxylation sites is 1. The van der Waals surface area contributed by atoms with E-state index in [2.05, 4.69) is 77.6 Å². The lowest BCUT2D eigenvalue weighted by Crippen LogP contribution is -2.45. The third kappa shape index (κ3) is 7.65. The summed E-state index contributed by atoms with van der Waals surface area (Å²) < 4.78 is 32.3. The van der Waals surface area contributed by atoms with Gasteiger partial charge in [0, 0.05) is 12.1 Å². The van der Waals surface area contributed by atoms with E-state index in [9.17, 15) is 8.42 Å². The lowest BCUT2D eigenvalue weighted by atomic mass is 9.75. The molecule has 44 heavy (non-hydrogen) atoms. The molecule has 1 aliphatic carbocycles. The number of aryl methyl sites for hydroxylation is 1. The molecule has 0 saturated heterocycles. The van der Waals surface area contributed by atoms with Crippen LogP contribution in [0.3, 0.4) is 0 Å². The Bertz CT molecular complexity index is 1560.